The van der Waals surface area contributed by atoms with Gasteiger partial charge in [-0.2, -0.15) is 0 Å². The molecular formula is C19H11F2NO. The van der Waals surface area contributed by atoms with Crippen LogP contribution in [0.2, 0.25) is 0 Å². The Kier molecular flexibility index (Phi) is 2.98. The largest absolute Gasteiger partial charge is 0.307 e. The van der Waals surface area contributed by atoms with Crippen molar-refractivity contribution in [2.24, 2.45) is 0 Å². The van der Waals surface area contributed by atoms with Gasteiger partial charge in [0.25, 0.3) is 0 Å². The second kappa shape index (κ2) is 5.02. The molecule has 3 aromatic carbocycles. The van der Waals surface area contributed by atoms with E-state index in [2.05, 4.69) is 0 Å². The zero-order chi connectivity index (χ0) is 16.0. The zero-order valence-corrected chi connectivity index (χ0v) is 12.0. The Balaban J connectivity index is 2.29. The topological polar surface area (TPSA) is 22.0 Å². The van der Waals surface area contributed by atoms with Crippen LogP contribution in [0.1, 0.15) is 10.4 Å². The maximum Gasteiger partial charge on any atom is 0.161 e. The summed E-state index contributed by atoms with van der Waals surface area (Å²) in [4.78, 5) is 11.1. The van der Waals surface area contributed by atoms with Crippen LogP contribution in [0.4, 0.5) is 8.78 Å². The van der Waals surface area contributed by atoms with Crippen molar-refractivity contribution in [2.75, 3.05) is 0 Å². The zero-order valence-electron chi connectivity index (χ0n) is 12.0. The van der Waals surface area contributed by atoms with Gasteiger partial charge in [-0.25, -0.2) is 8.78 Å². The van der Waals surface area contributed by atoms with Crippen LogP contribution in [0.3, 0.4) is 0 Å². The molecule has 0 bridgehead atoms. The predicted molar refractivity (Wildman–Crippen MR) is 86.1 cm³/mol. The van der Waals surface area contributed by atoms with E-state index in [1.54, 1.807) is 4.57 Å². The third-order valence-corrected chi connectivity index (χ3v) is 4.02. The van der Waals surface area contributed by atoms with Crippen molar-refractivity contribution < 1.29 is 13.6 Å². The highest BCUT2D eigenvalue weighted by Gasteiger charge is 2.20. The molecule has 0 fully saturated rings. The minimum atomic E-state index is -0.846. The number of rotatable bonds is 2. The molecule has 0 aliphatic carbocycles. The highest BCUT2D eigenvalue weighted by molar-refractivity contribution is 6.10. The van der Waals surface area contributed by atoms with Crippen LogP contribution < -0.4 is 0 Å². The van der Waals surface area contributed by atoms with E-state index in [-0.39, 0.29) is 11.8 Å². The van der Waals surface area contributed by atoms with Gasteiger partial charge in [-0.15, -0.1) is 0 Å². The molecule has 0 atom stereocenters. The van der Waals surface area contributed by atoms with Crippen molar-refractivity contribution in [3.05, 3.63) is 77.9 Å². The van der Waals surface area contributed by atoms with Gasteiger partial charge < -0.3 is 4.57 Å². The maximum atomic E-state index is 14.8. The van der Waals surface area contributed by atoms with Crippen LogP contribution >= 0.6 is 0 Å². The molecule has 4 heteroatoms. The van der Waals surface area contributed by atoms with E-state index in [1.807, 2.05) is 54.6 Å². The molecule has 4 rings (SSSR count). The number of hydrogen-bond acceptors (Lipinski definition) is 1. The number of hydrogen-bond donors (Lipinski definition) is 0. The number of benzene rings is 3. The fourth-order valence-electron chi connectivity index (χ4n) is 3.02. The molecule has 0 amide bonds. The summed E-state index contributed by atoms with van der Waals surface area (Å²) >= 11 is 0. The second-order valence-electron chi connectivity index (χ2n) is 5.29. The number of carbonyl (C=O) groups is 1. The number of aldehydes is 1. The van der Waals surface area contributed by atoms with Crippen LogP contribution in [-0.4, -0.2) is 10.9 Å². The van der Waals surface area contributed by atoms with Gasteiger partial charge in [0.2, 0.25) is 0 Å². The Morgan fingerprint density at radius 1 is 0.870 bits per heavy atom. The van der Waals surface area contributed by atoms with Gasteiger partial charge in [0.1, 0.15) is 5.82 Å². The highest BCUT2D eigenvalue weighted by atomic mass is 19.1. The predicted octanol–water partition coefficient (Wildman–Crippen LogP) is 4.87. The Hall–Kier alpha value is -3.01. The molecule has 0 saturated heterocycles. The normalized spacial score (nSPS) is 11.2. The summed E-state index contributed by atoms with van der Waals surface area (Å²) in [5, 5.41) is 1.19. The standard InChI is InChI=1S/C19H11F2NO/c20-16-10-14-13-8-4-5-9-17(13)22(12-6-2-1-3-7-12)19(14)18(21)15(16)11-23/h1-11H. The van der Waals surface area contributed by atoms with E-state index in [0.29, 0.717) is 5.39 Å². The number of nitrogens with zero attached hydrogens (tertiary/aromatic N) is 1. The molecular weight excluding hydrogens is 296 g/mol. The lowest BCUT2D eigenvalue weighted by molar-refractivity contribution is 0.111. The van der Waals surface area contributed by atoms with Crippen LogP contribution in [0.5, 0.6) is 0 Å². The molecule has 0 unspecified atom stereocenters. The van der Waals surface area contributed by atoms with Gasteiger partial charge in [0.05, 0.1) is 16.6 Å². The number of halogens is 2. The van der Waals surface area contributed by atoms with Gasteiger partial charge in [-0.3, -0.25) is 4.79 Å². The monoisotopic (exact) mass is 307 g/mol. The smallest absolute Gasteiger partial charge is 0.161 e. The summed E-state index contributed by atoms with van der Waals surface area (Å²) < 4.78 is 30.6. The molecule has 0 aliphatic heterocycles. The van der Waals surface area contributed by atoms with E-state index in [9.17, 15) is 13.6 Å². The molecule has 23 heavy (non-hydrogen) atoms. The third kappa shape index (κ3) is 1.88. The lowest BCUT2D eigenvalue weighted by Gasteiger charge is -2.09. The highest BCUT2D eigenvalue weighted by Crippen LogP contribution is 2.35. The molecule has 0 aliphatic rings. The molecule has 0 radical (unpaired) electrons. The summed E-state index contributed by atoms with van der Waals surface area (Å²) in [6.07, 6.45) is 0.219. The van der Waals surface area contributed by atoms with Crippen LogP contribution in [0.25, 0.3) is 27.5 Å². The van der Waals surface area contributed by atoms with Crippen molar-refractivity contribution in [3.63, 3.8) is 0 Å². The molecule has 4 aromatic rings. The Labute approximate surface area is 130 Å². The molecule has 0 saturated carbocycles. The third-order valence-electron chi connectivity index (χ3n) is 4.02. The van der Waals surface area contributed by atoms with Gasteiger partial charge in [0.15, 0.2) is 12.1 Å². The summed E-state index contributed by atoms with van der Waals surface area (Å²) in [6.45, 7) is 0. The van der Waals surface area contributed by atoms with Crippen molar-refractivity contribution in [1.29, 1.82) is 0 Å². The van der Waals surface area contributed by atoms with Crippen LogP contribution in [0, 0.1) is 11.6 Å². The number of para-hydroxylation sites is 2. The van der Waals surface area contributed by atoms with Gasteiger partial charge in [0, 0.05) is 16.5 Å². The average molecular weight is 307 g/mol. The van der Waals surface area contributed by atoms with Crippen molar-refractivity contribution in [2.45, 2.75) is 0 Å². The quantitative estimate of drug-likeness (QED) is 0.484. The minimum Gasteiger partial charge on any atom is -0.307 e. The maximum absolute atomic E-state index is 14.8. The van der Waals surface area contributed by atoms with Crippen LogP contribution in [-0.2, 0) is 0 Å². The van der Waals surface area contributed by atoms with E-state index in [0.717, 1.165) is 16.6 Å². The minimum absolute atomic E-state index is 0.209. The summed E-state index contributed by atoms with van der Waals surface area (Å²) in [5.74, 6) is -1.68. The summed E-state index contributed by atoms with van der Waals surface area (Å²) in [5.41, 5.74) is 1.18. The fraction of sp³-hybridized carbons (Fsp3) is 0. The van der Waals surface area contributed by atoms with Crippen molar-refractivity contribution in [3.8, 4) is 5.69 Å². The average Bonchev–Trinajstić information content (AvgIpc) is 2.91. The first-order chi connectivity index (χ1) is 11.2. The number of aromatic nitrogens is 1. The number of fused-ring (bicyclic) bond motifs is 3. The van der Waals surface area contributed by atoms with Gasteiger partial charge in [-0.05, 0) is 24.3 Å². The van der Waals surface area contributed by atoms with Gasteiger partial charge in [-0.1, -0.05) is 36.4 Å². The molecule has 1 heterocycles. The lowest BCUT2D eigenvalue weighted by Crippen LogP contribution is -2.00. The van der Waals surface area contributed by atoms with Crippen LogP contribution in [0.15, 0.2) is 60.7 Å². The van der Waals surface area contributed by atoms with Crippen molar-refractivity contribution >= 4 is 28.1 Å². The second-order valence-corrected chi connectivity index (χ2v) is 5.29. The summed E-state index contributed by atoms with van der Waals surface area (Å²) in [7, 11) is 0. The van der Waals surface area contributed by atoms with Gasteiger partial charge >= 0.3 is 0 Å². The Morgan fingerprint density at radius 2 is 1.57 bits per heavy atom. The lowest BCUT2D eigenvalue weighted by atomic mass is 10.1. The first kappa shape index (κ1) is 13.6. The Morgan fingerprint density at radius 3 is 2.30 bits per heavy atom. The summed E-state index contributed by atoms with van der Waals surface area (Å²) in [6, 6.07) is 17.8. The number of carbonyl (C=O) groups excluding carboxylic acids is 1. The molecule has 0 spiro atoms. The molecule has 0 N–H and O–H groups in total. The van der Waals surface area contributed by atoms with E-state index in [1.165, 1.54) is 6.07 Å². The molecule has 1 aromatic heterocycles. The molecule has 2 nitrogen and oxygen atoms in total. The fourth-order valence-corrected chi connectivity index (χ4v) is 3.02. The van der Waals surface area contributed by atoms with Crippen molar-refractivity contribution in [1.82, 2.24) is 4.57 Å². The molecule has 112 valence electrons. The van der Waals surface area contributed by atoms with E-state index < -0.39 is 17.2 Å². The van der Waals surface area contributed by atoms with E-state index >= 15 is 0 Å². The van der Waals surface area contributed by atoms with E-state index in [4.69, 9.17) is 0 Å². The first-order valence-electron chi connectivity index (χ1n) is 7.14. The Bertz CT molecular complexity index is 1050. The first-order valence-corrected chi connectivity index (χ1v) is 7.14. The SMILES string of the molecule is O=Cc1c(F)cc2c3ccccc3n(-c3ccccc3)c2c1F.